The van der Waals surface area contributed by atoms with E-state index < -0.39 is 5.92 Å². The van der Waals surface area contributed by atoms with E-state index in [1.54, 1.807) is 0 Å². The molecule has 1 aromatic rings. The van der Waals surface area contributed by atoms with E-state index in [1.165, 1.54) is 7.11 Å². The minimum atomic E-state index is -0.453. The molecule has 0 radical (unpaired) electrons. The molecule has 0 aliphatic heterocycles. The van der Waals surface area contributed by atoms with Gasteiger partial charge in [0.15, 0.2) is 0 Å². The maximum Gasteiger partial charge on any atom is 0.312 e. The van der Waals surface area contributed by atoms with Crippen molar-refractivity contribution in [1.29, 1.82) is 0 Å². The van der Waals surface area contributed by atoms with Gasteiger partial charge in [-0.05, 0) is 12.5 Å². The van der Waals surface area contributed by atoms with Crippen LogP contribution >= 0.6 is 0 Å². The number of esters is 1. The van der Waals surface area contributed by atoms with Crippen molar-refractivity contribution in [1.82, 2.24) is 0 Å². The zero-order valence-corrected chi connectivity index (χ0v) is 6.99. The summed E-state index contributed by atoms with van der Waals surface area (Å²) < 4.78 is 11.8. The minimum absolute atomic E-state index is 0.0245. The highest BCUT2D eigenvalue weighted by Gasteiger charge is 2.14. The Kier molecular flexibility index (Phi) is 2.39. The van der Waals surface area contributed by atoms with Gasteiger partial charge >= 0.3 is 5.97 Å². The molecule has 0 aliphatic rings. The lowest BCUT2D eigenvalue weighted by Crippen LogP contribution is -2.10. The first-order valence-electron chi connectivity index (χ1n) is 4.42. The summed E-state index contributed by atoms with van der Waals surface area (Å²) in [6, 6.07) is 9.23. The van der Waals surface area contributed by atoms with Gasteiger partial charge < -0.3 is 4.74 Å². The molecule has 1 aromatic carbocycles. The summed E-state index contributed by atoms with van der Waals surface area (Å²) in [6.07, 6.45) is 0. The zero-order valence-electron chi connectivity index (χ0n) is 7.99. The molecule has 12 heavy (non-hydrogen) atoms. The summed E-state index contributed by atoms with van der Waals surface area (Å²) in [5.74, 6) is -0.799. The lowest BCUT2D eigenvalue weighted by atomic mass is 10.0. The Labute approximate surface area is 73.6 Å². The highest BCUT2D eigenvalue weighted by Crippen LogP contribution is 2.15. The average Bonchev–Trinajstić information content (AvgIpc) is 2.20. The van der Waals surface area contributed by atoms with Gasteiger partial charge in [0.05, 0.1) is 13.0 Å². The Morgan fingerprint density at radius 3 is 2.67 bits per heavy atom. The number of methoxy groups -OCH3 is 1. The first kappa shape index (κ1) is 7.35. The van der Waals surface area contributed by atoms with Crippen LogP contribution in [0, 0.1) is 0 Å². The SMILES string of the molecule is [2H]CC(C(=O)OC)c1ccccc1. The first-order valence-corrected chi connectivity index (χ1v) is 3.71. The molecule has 0 N–H and O–H groups in total. The van der Waals surface area contributed by atoms with E-state index in [1.807, 2.05) is 30.3 Å². The number of ether oxygens (including phenoxy) is 1. The van der Waals surface area contributed by atoms with Crippen molar-refractivity contribution in [3.63, 3.8) is 0 Å². The van der Waals surface area contributed by atoms with Gasteiger partial charge in [0, 0.05) is 1.37 Å². The Hall–Kier alpha value is -1.31. The number of benzene rings is 1. The molecule has 2 heteroatoms. The average molecular weight is 165 g/mol. The van der Waals surface area contributed by atoms with Crippen LogP contribution in [0.2, 0.25) is 0 Å². The molecule has 1 unspecified atom stereocenters. The minimum Gasteiger partial charge on any atom is -0.469 e. The second-order valence-electron chi connectivity index (χ2n) is 2.49. The van der Waals surface area contributed by atoms with E-state index in [9.17, 15) is 4.79 Å². The lowest BCUT2D eigenvalue weighted by Gasteiger charge is -2.08. The van der Waals surface area contributed by atoms with E-state index >= 15 is 0 Å². The van der Waals surface area contributed by atoms with Crippen LogP contribution in [0.25, 0.3) is 0 Å². The zero-order chi connectivity index (χ0) is 9.68. The fraction of sp³-hybridized carbons (Fsp3) is 0.300. The van der Waals surface area contributed by atoms with Crippen LogP contribution < -0.4 is 0 Å². The quantitative estimate of drug-likeness (QED) is 0.626. The molecule has 0 fully saturated rings. The van der Waals surface area contributed by atoms with Gasteiger partial charge in [-0.15, -0.1) is 0 Å². The lowest BCUT2D eigenvalue weighted by molar-refractivity contribution is -0.141. The first-order chi connectivity index (χ1) is 6.29. The smallest absolute Gasteiger partial charge is 0.312 e. The normalized spacial score (nSPS) is 13.2. The van der Waals surface area contributed by atoms with Crippen molar-refractivity contribution >= 4 is 5.97 Å². The Balaban J connectivity index is 2.85. The van der Waals surface area contributed by atoms with Gasteiger partial charge in [0.25, 0.3) is 0 Å². The monoisotopic (exact) mass is 165 g/mol. The third kappa shape index (κ3) is 1.84. The molecular weight excluding hydrogens is 152 g/mol. The molecule has 1 atom stereocenters. The second kappa shape index (κ2) is 3.90. The third-order valence-corrected chi connectivity index (χ3v) is 1.69. The molecule has 0 heterocycles. The number of carbonyl (C=O) groups is 1. The number of rotatable bonds is 2. The number of carbonyl (C=O) groups excluding carboxylic acids is 1. The highest BCUT2D eigenvalue weighted by atomic mass is 16.5. The maximum absolute atomic E-state index is 11.2. The van der Waals surface area contributed by atoms with Crippen LogP contribution in [-0.4, -0.2) is 13.1 Å². The fourth-order valence-corrected chi connectivity index (χ4v) is 0.964. The van der Waals surface area contributed by atoms with E-state index in [0.29, 0.717) is 0 Å². The molecule has 0 bridgehead atoms. The number of hydrogen-bond acceptors (Lipinski definition) is 2. The van der Waals surface area contributed by atoms with Crippen LogP contribution in [0.5, 0.6) is 0 Å². The molecule has 1 rings (SSSR count). The summed E-state index contributed by atoms with van der Waals surface area (Å²) in [5.41, 5.74) is 0.837. The fourth-order valence-electron chi connectivity index (χ4n) is 0.964. The van der Waals surface area contributed by atoms with Gasteiger partial charge in [0.1, 0.15) is 0 Å². The Morgan fingerprint density at radius 1 is 1.50 bits per heavy atom. The predicted molar refractivity (Wildman–Crippen MR) is 46.9 cm³/mol. The van der Waals surface area contributed by atoms with Crippen molar-refractivity contribution < 1.29 is 10.9 Å². The van der Waals surface area contributed by atoms with Gasteiger partial charge in [-0.2, -0.15) is 0 Å². The third-order valence-electron chi connectivity index (χ3n) is 1.69. The van der Waals surface area contributed by atoms with Gasteiger partial charge in [-0.25, -0.2) is 0 Å². The van der Waals surface area contributed by atoms with Gasteiger partial charge in [-0.3, -0.25) is 4.79 Å². The molecule has 64 valence electrons. The van der Waals surface area contributed by atoms with Crippen molar-refractivity contribution in [2.45, 2.75) is 12.8 Å². The highest BCUT2D eigenvalue weighted by molar-refractivity contribution is 5.77. The van der Waals surface area contributed by atoms with Crippen molar-refractivity contribution in [2.75, 3.05) is 7.11 Å². The van der Waals surface area contributed by atoms with Crippen LogP contribution in [-0.2, 0) is 9.53 Å². The van der Waals surface area contributed by atoms with Crippen LogP contribution in [0.15, 0.2) is 30.3 Å². The van der Waals surface area contributed by atoms with Gasteiger partial charge in [0.2, 0.25) is 0 Å². The number of hydrogen-bond donors (Lipinski definition) is 0. The topological polar surface area (TPSA) is 26.3 Å². The standard InChI is InChI=1S/C10H12O2/c1-8(10(11)12-2)9-6-4-3-5-7-9/h3-8H,1-2H3/i1D. The predicted octanol–water partition coefficient (Wildman–Crippen LogP) is 1.96. The largest absolute Gasteiger partial charge is 0.469 e. The maximum atomic E-state index is 11.2. The summed E-state index contributed by atoms with van der Waals surface area (Å²) in [4.78, 5) is 11.2. The van der Waals surface area contributed by atoms with Crippen molar-refractivity contribution in [2.24, 2.45) is 0 Å². The van der Waals surface area contributed by atoms with E-state index in [2.05, 4.69) is 4.74 Å². The molecule has 0 aliphatic carbocycles. The van der Waals surface area contributed by atoms with Gasteiger partial charge in [-0.1, -0.05) is 30.3 Å². The summed E-state index contributed by atoms with van der Waals surface area (Å²) >= 11 is 0. The molecule has 0 aromatic heterocycles. The summed E-state index contributed by atoms with van der Waals surface area (Å²) in [7, 11) is 1.34. The van der Waals surface area contributed by atoms with Crippen LogP contribution in [0.1, 0.15) is 19.8 Å². The van der Waals surface area contributed by atoms with E-state index in [-0.39, 0.29) is 12.9 Å². The molecule has 0 saturated carbocycles. The van der Waals surface area contributed by atoms with E-state index in [4.69, 9.17) is 1.37 Å². The Morgan fingerprint density at radius 2 is 2.17 bits per heavy atom. The summed E-state index contributed by atoms with van der Waals surface area (Å²) in [5, 5.41) is 0. The molecular formula is C10H12O2. The summed E-state index contributed by atoms with van der Waals surface area (Å²) in [6.45, 7) is 0.0245. The van der Waals surface area contributed by atoms with Crippen molar-refractivity contribution in [3.05, 3.63) is 35.9 Å². The van der Waals surface area contributed by atoms with Crippen LogP contribution in [0.3, 0.4) is 0 Å². The molecule has 0 amide bonds. The van der Waals surface area contributed by atoms with Crippen molar-refractivity contribution in [3.8, 4) is 0 Å². The molecule has 0 saturated heterocycles. The molecule has 0 spiro atoms. The van der Waals surface area contributed by atoms with E-state index in [0.717, 1.165) is 5.56 Å². The molecule has 2 nitrogen and oxygen atoms in total. The van der Waals surface area contributed by atoms with Crippen LogP contribution in [0.4, 0.5) is 0 Å². The second-order valence-corrected chi connectivity index (χ2v) is 2.49. The Bertz CT molecular complexity index is 272.